The Hall–Kier alpha value is -3.42. The number of hydrogen-bond acceptors (Lipinski definition) is 6. The molecule has 0 unspecified atom stereocenters. The van der Waals surface area contributed by atoms with Crippen molar-refractivity contribution >= 4 is 17.5 Å². The van der Waals surface area contributed by atoms with E-state index in [0.29, 0.717) is 5.82 Å². The molecule has 0 bridgehead atoms. The molecule has 0 aliphatic carbocycles. The zero-order chi connectivity index (χ0) is 16.2. The number of rotatable bonds is 4. The van der Waals surface area contributed by atoms with Crippen LogP contribution in [0.3, 0.4) is 0 Å². The molecule has 1 aromatic carbocycles. The van der Waals surface area contributed by atoms with Crippen LogP contribution in [0.15, 0.2) is 48.8 Å². The van der Waals surface area contributed by atoms with Gasteiger partial charge in [0, 0.05) is 18.0 Å². The lowest BCUT2D eigenvalue weighted by molar-refractivity contribution is 0.100. The van der Waals surface area contributed by atoms with Crippen LogP contribution >= 0.6 is 0 Å². The summed E-state index contributed by atoms with van der Waals surface area (Å²) in [5, 5.41) is 2.76. The number of aromatic nitrogens is 4. The molecule has 1 amide bonds. The molecule has 0 fully saturated rings. The summed E-state index contributed by atoms with van der Waals surface area (Å²) in [6, 6.07) is 10.6. The highest BCUT2D eigenvalue weighted by atomic mass is 19.1. The van der Waals surface area contributed by atoms with E-state index in [2.05, 4.69) is 25.3 Å². The van der Waals surface area contributed by atoms with Crippen LogP contribution in [0.25, 0.3) is 11.4 Å². The van der Waals surface area contributed by atoms with E-state index in [0.717, 1.165) is 5.56 Å². The number of carbonyl (C=O) groups excluding carboxylic acids is 1. The van der Waals surface area contributed by atoms with Crippen LogP contribution in [0.5, 0.6) is 0 Å². The number of primary amides is 1. The maximum Gasteiger partial charge on any atom is 0.310 e. The summed E-state index contributed by atoms with van der Waals surface area (Å²) in [5.41, 5.74) is 6.16. The quantitative estimate of drug-likeness (QED) is 0.713. The molecule has 2 heterocycles. The van der Waals surface area contributed by atoms with Gasteiger partial charge < -0.3 is 11.1 Å². The van der Waals surface area contributed by atoms with E-state index in [4.69, 9.17) is 5.73 Å². The van der Waals surface area contributed by atoms with Gasteiger partial charge in [-0.3, -0.25) is 4.79 Å². The van der Waals surface area contributed by atoms with Crippen molar-refractivity contribution in [3.05, 3.63) is 60.4 Å². The standard InChI is InChI=1S/C15H11FN6O/c16-15-18-7-6-11(21-15)20-14-10(12(17)23)8-19-13(22-14)9-4-2-1-3-5-9/h1-8H,(H2,17,23)(H,18,19,20,21,22). The first-order valence-corrected chi connectivity index (χ1v) is 6.61. The third-order valence-electron chi connectivity index (χ3n) is 2.96. The van der Waals surface area contributed by atoms with E-state index >= 15 is 0 Å². The number of nitrogens with two attached hydrogens (primary N) is 1. The minimum absolute atomic E-state index is 0.0729. The lowest BCUT2D eigenvalue weighted by Gasteiger charge is -2.09. The Morgan fingerprint density at radius 3 is 2.57 bits per heavy atom. The number of benzene rings is 1. The summed E-state index contributed by atoms with van der Waals surface area (Å²) in [6.45, 7) is 0. The first-order valence-electron chi connectivity index (χ1n) is 6.61. The molecule has 3 rings (SSSR count). The first kappa shape index (κ1) is 14.5. The Bertz CT molecular complexity index is 856. The van der Waals surface area contributed by atoms with Crippen molar-refractivity contribution < 1.29 is 9.18 Å². The zero-order valence-corrected chi connectivity index (χ0v) is 11.8. The van der Waals surface area contributed by atoms with Crippen LogP contribution in [0.4, 0.5) is 16.0 Å². The van der Waals surface area contributed by atoms with Gasteiger partial charge in [-0.2, -0.15) is 9.37 Å². The molecule has 0 spiro atoms. The van der Waals surface area contributed by atoms with Gasteiger partial charge in [-0.1, -0.05) is 30.3 Å². The lowest BCUT2D eigenvalue weighted by atomic mass is 10.2. The molecular weight excluding hydrogens is 299 g/mol. The minimum atomic E-state index is -0.895. The van der Waals surface area contributed by atoms with Gasteiger partial charge in [0.05, 0.1) is 0 Å². The van der Waals surface area contributed by atoms with Gasteiger partial charge >= 0.3 is 6.08 Å². The van der Waals surface area contributed by atoms with Crippen LogP contribution in [0.2, 0.25) is 0 Å². The third-order valence-corrected chi connectivity index (χ3v) is 2.96. The smallest absolute Gasteiger partial charge is 0.310 e. The van der Waals surface area contributed by atoms with Gasteiger partial charge in [0.2, 0.25) is 0 Å². The normalized spacial score (nSPS) is 10.3. The second kappa shape index (κ2) is 6.14. The maximum atomic E-state index is 13.1. The first-order chi connectivity index (χ1) is 11.1. The van der Waals surface area contributed by atoms with Gasteiger partial charge in [0.1, 0.15) is 17.2 Å². The summed E-state index contributed by atoms with van der Waals surface area (Å²) in [5.74, 6) is -0.0172. The van der Waals surface area contributed by atoms with Crippen molar-refractivity contribution in [2.45, 2.75) is 0 Å². The number of nitrogens with one attached hydrogen (secondary N) is 1. The second-order valence-corrected chi connectivity index (χ2v) is 4.52. The number of nitrogens with zero attached hydrogens (tertiary/aromatic N) is 4. The lowest BCUT2D eigenvalue weighted by Crippen LogP contribution is -2.15. The van der Waals surface area contributed by atoms with Gasteiger partial charge in [-0.05, 0) is 6.07 Å². The fourth-order valence-electron chi connectivity index (χ4n) is 1.91. The Labute approximate surface area is 130 Å². The Morgan fingerprint density at radius 1 is 1.09 bits per heavy atom. The number of carbonyl (C=O) groups is 1. The van der Waals surface area contributed by atoms with Crippen LogP contribution < -0.4 is 11.1 Å². The fraction of sp³-hybridized carbons (Fsp3) is 0. The molecule has 114 valence electrons. The van der Waals surface area contributed by atoms with Crippen LogP contribution in [-0.2, 0) is 0 Å². The summed E-state index contributed by atoms with van der Waals surface area (Å²) in [7, 11) is 0. The van der Waals surface area contributed by atoms with Gasteiger partial charge in [-0.25, -0.2) is 15.0 Å². The molecule has 0 saturated heterocycles. The Morgan fingerprint density at radius 2 is 1.87 bits per heavy atom. The fourth-order valence-corrected chi connectivity index (χ4v) is 1.91. The SMILES string of the molecule is NC(=O)c1cnc(-c2ccccc2)nc1Nc1ccnc(F)n1. The monoisotopic (exact) mass is 310 g/mol. The molecule has 0 aliphatic rings. The molecule has 0 radical (unpaired) electrons. The van der Waals surface area contributed by atoms with Crippen molar-refractivity contribution in [1.29, 1.82) is 0 Å². The van der Waals surface area contributed by atoms with E-state index in [1.165, 1.54) is 18.5 Å². The average Bonchev–Trinajstić information content (AvgIpc) is 2.55. The Balaban J connectivity index is 2.04. The average molecular weight is 310 g/mol. The predicted octanol–water partition coefficient (Wildman–Crippen LogP) is 1.92. The van der Waals surface area contributed by atoms with Crippen molar-refractivity contribution in [3.63, 3.8) is 0 Å². The van der Waals surface area contributed by atoms with E-state index in [-0.39, 0.29) is 17.2 Å². The molecule has 2 aromatic heterocycles. The van der Waals surface area contributed by atoms with Crippen LogP contribution in [0.1, 0.15) is 10.4 Å². The second-order valence-electron chi connectivity index (χ2n) is 4.52. The number of anilines is 2. The maximum absolute atomic E-state index is 13.1. The van der Waals surface area contributed by atoms with Crippen molar-refractivity contribution in [3.8, 4) is 11.4 Å². The summed E-state index contributed by atoms with van der Waals surface area (Å²) in [4.78, 5) is 26.9. The zero-order valence-electron chi connectivity index (χ0n) is 11.8. The van der Waals surface area contributed by atoms with Crippen molar-refractivity contribution in [1.82, 2.24) is 19.9 Å². The topological polar surface area (TPSA) is 107 Å². The van der Waals surface area contributed by atoms with E-state index in [9.17, 15) is 9.18 Å². The molecule has 7 nitrogen and oxygen atoms in total. The number of halogens is 1. The highest BCUT2D eigenvalue weighted by Crippen LogP contribution is 2.21. The highest BCUT2D eigenvalue weighted by molar-refractivity contribution is 5.98. The minimum Gasteiger partial charge on any atom is -0.365 e. The number of hydrogen-bond donors (Lipinski definition) is 2. The summed E-state index contributed by atoms with van der Waals surface area (Å²) >= 11 is 0. The van der Waals surface area contributed by atoms with Gasteiger partial charge in [0.25, 0.3) is 5.91 Å². The Kier molecular flexibility index (Phi) is 3.88. The van der Waals surface area contributed by atoms with E-state index in [1.807, 2.05) is 30.3 Å². The molecular formula is C15H11FN6O. The molecule has 0 saturated carbocycles. The van der Waals surface area contributed by atoms with E-state index < -0.39 is 12.0 Å². The highest BCUT2D eigenvalue weighted by Gasteiger charge is 2.14. The van der Waals surface area contributed by atoms with Crippen molar-refractivity contribution in [2.75, 3.05) is 5.32 Å². The summed E-state index contributed by atoms with van der Waals surface area (Å²) in [6.07, 6.45) is 1.67. The van der Waals surface area contributed by atoms with Crippen LogP contribution in [-0.4, -0.2) is 25.8 Å². The van der Waals surface area contributed by atoms with Crippen LogP contribution in [0, 0.1) is 6.08 Å². The van der Waals surface area contributed by atoms with Gasteiger partial charge in [-0.15, -0.1) is 0 Å². The number of amides is 1. The molecule has 0 aliphatic heterocycles. The molecule has 0 atom stereocenters. The van der Waals surface area contributed by atoms with Crippen molar-refractivity contribution in [2.24, 2.45) is 5.73 Å². The molecule has 3 aromatic rings. The summed E-state index contributed by atoms with van der Waals surface area (Å²) < 4.78 is 13.1. The third kappa shape index (κ3) is 3.26. The predicted molar refractivity (Wildman–Crippen MR) is 81.3 cm³/mol. The molecule has 8 heteroatoms. The molecule has 3 N–H and O–H groups in total. The largest absolute Gasteiger partial charge is 0.365 e. The van der Waals surface area contributed by atoms with E-state index in [1.54, 1.807) is 0 Å². The van der Waals surface area contributed by atoms with Gasteiger partial charge in [0.15, 0.2) is 5.82 Å². The molecule has 23 heavy (non-hydrogen) atoms.